The van der Waals surface area contributed by atoms with Crippen molar-refractivity contribution in [2.75, 3.05) is 49.3 Å². The molecule has 2 rings (SSSR count). The molecular weight excluding hydrogens is 282 g/mol. The number of thioether (sulfide) groups is 1. The van der Waals surface area contributed by atoms with Crippen molar-refractivity contribution in [2.45, 2.75) is 6.92 Å². The third kappa shape index (κ3) is 4.20. The molecule has 1 aliphatic rings. The third-order valence-electron chi connectivity index (χ3n) is 2.89. The molecule has 0 saturated carbocycles. The lowest BCUT2D eigenvalue weighted by Crippen LogP contribution is -2.64. The van der Waals surface area contributed by atoms with E-state index < -0.39 is 0 Å². The lowest BCUT2D eigenvalue weighted by Gasteiger charge is -2.26. The number of aromatic nitrogens is 2. The molecule has 1 aromatic rings. The van der Waals surface area contributed by atoms with Crippen LogP contribution < -0.4 is 15.1 Å². The smallest absolute Gasteiger partial charge is 0.302 e. The van der Waals surface area contributed by atoms with Crippen LogP contribution in [-0.4, -0.2) is 60.2 Å². The number of rotatable bonds is 4. The van der Waals surface area contributed by atoms with Crippen LogP contribution >= 0.6 is 11.8 Å². The molecule has 8 nitrogen and oxygen atoms in total. The summed E-state index contributed by atoms with van der Waals surface area (Å²) >= 11 is 0.958. The topological polar surface area (TPSA) is 82.6 Å². The number of carbonyl (C=O) groups excluding carboxylic acids is 2. The second-order valence-corrected chi connectivity index (χ2v) is 5.72. The van der Waals surface area contributed by atoms with Crippen LogP contribution in [0.3, 0.4) is 0 Å². The Hall–Kier alpha value is -1.61. The average molecular weight is 300 g/mol. The maximum atomic E-state index is 11.5. The van der Waals surface area contributed by atoms with Crippen LogP contribution in [0.25, 0.3) is 0 Å². The predicted molar refractivity (Wildman–Crippen MR) is 73.9 cm³/mol. The zero-order chi connectivity index (χ0) is 14.5. The Labute approximate surface area is 121 Å². The van der Waals surface area contributed by atoms with E-state index in [0.29, 0.717) is 0 Å². The highest BCUT2D eigenvalue weighted by Gasteiger charge is 2.24. The zero-order valence-corrected chi connectivity index (χ0v) is 12.4. The number of carbonyl (C=O) groups is 2. The van der Waals surface area contributed by atoms with Gasteiger partial charge in [-0.1, -0.05) is 11.8 Å². The van der Waals surface area contributed by atoms with Crippen molar-refractivity contribution in [1.82, 2.24) is 10.2 Å². The van der Waals surface area contributed by atoms with Crippen molar-refractivity contribution in [3.05, 3.63) is 6.20 Å². The number of piperazine rings is 1. The predicted octanol–water partition coefficient (Wildman–Crippen LogP) is -0.936. The van der Waals surface area contributed by atoms with Gasteiger partial charge in [-0.3, -0.25) is 19.4 Å². The van der Waals surface area contributed by atoms with Gasteiger partial charge in [-0.15, -0.1) is 0 Å². The van der Waals surface area contributed by atoms with E-state index in [4.69, 9.17) is 4.52 Å². The largest absolute Gasteiger partial charge is 0.305 e. The summed E-state index contributed by atoms with van der Waals surface area (Å²) in [7, 11) is 2.07. The van der Waals surface area contributed by atoms with Gasteiger partial charge < -0.3 is 4.90 Å². The van der Waals surface area contributed by atoms with Crippen LogP contribution in [-0.2, 0) is 9.59 Å². The number of likely N-dealkylation sites (N-methyl/N-ethyl adjacent to an activating group) is 1. The maximum Gasteiger partial charge on any atom is 0.305 e. The van der Waals surface area contributed by atoms with Crippen molar-refractivity contribution < 1.29 is 18.9 Å². The molecule has 1 N–H and O–H groups in total. The van der Waals surface area contributed by atoms with Gasteiger partial charge in [0.25, 0.3) is 6.20 Å². The third-order valence-corrected chi connectivity index (χ3v) is 3.71. The molecule has 9 heteroatoms. The summed E-state index contributed by atoms with van der Waals surface area (Å²) in [5.41, 5.74) is 0. The van der Waals surface area contributed by atoms with Gasteiger partial charge >= 0.3 is 5.88 Å². The lowest BCUT2D eigenvalue weighted by atomic mass is 10.4. The first-order valence-corrected chi connectivity index (χ1v) is 7.29. The molecule has 1 saturated heterocycles. The number of amides is 1. The molecule has 0 aliphatic carbocycles. The molecule has 2 heterocycles. The van der Waals surface area contributed by atoms with Crippen molar-refractivity contribution in [3.8, 4) is 0 Å². The standard InChI is InChI=1S/C11H17N5O3S/c1-9(17)20-8-10(18)12-11-7-16(13-19-11)15-5-3-14(2)4-6-15/h7H,3-6,8H2,1-2H3/p+1. The molecule has 0 spiro atoms. The summed E-state index contributed by atoms with van der Waals surface area (Å²) in [6.45, 7) is 5.03. The zero-order valence-electron chi connectivity index (χ0n) is 11.5. The van der Waals surface area contributed by atoms with Crippen molar-refractivity contribution in [3.63, 3.8) is 0 Å². The van der Waals surface area contributed by atoms with E-state index in [9.17, 15) is 9.59 Å². The molecule has 1 aliphatic heterocycles. The summed E-state index contributed by atoms with van der Waals surface area (Å²) in [5, 5.41) is 8.38. The second-order valence-electron chi connectivity index (χ2n) is 4.57. The summed E-state index contributed by atoms with van der Waals surface area (Å²) < 4.78 is 5.05. The van der Waals surface area contributed by atoms with E-state index in [-0.39, 0.29) is 22.7 Å². The molecule has 110 valence electrons. The van der Waals surface area contributed by atoms with Gasteiger partial charge in [0.1, 0.15) is 0 Å². The Kier molecular flexibility index (Phi) is 4.96. The molecule has 0 unspecified atom stereocenters. The second kappa shape index (κ2) is 6.71. The maximum absolute atomic E-state index is 11.5. The van der Waals surface area contributed by atoms with E-state index >= 15 is 0 Å². The summed E-state index contributed by atoms with van der Waals surface area (Å²) in [4.78, 5) is 26.1. The Morgan fingerprint density at radius 3 is 2.80 bits per heavy atom. The van der Waals surface area contributed by atoms with E-state index in [0.717, 1.165) is 37.9 Å². The molecule has 1 aromatic heterocycles. The van der Waals surface area contributed by atoms with Crippen LogP contribution in [0.4, 0.5) is 5.88 Å². The first-order chi connectivity index (χ1) is 9.54. The fourth-order valence-corrected chi connectivity index (χ4v) is 2.17. The normalized spacial score (nSPS) is 16.2. The van der Waals surface area contributed by atoms with Gasteiger partial charge in [-0.05, 0) is 7.05 Å². The Bertz CT molecular complexity index is 484. The molecular formula is C11H18N5O3S+. The number of hydrogen-bond acceptors (Lipinski definition) is 7. The molecule has 1 fully saturated rings. The minimum Gasteiger partial charge on any atom is -0.302 e. The van der Waals surface area contributed by atoms with Gasteiger partial charge in [0.05, 0.1) is 23.6 Å². The first kappa shape index (κ1) is 14.8. The Balaban J connectivity index is 1.85. The van der Waals surface area contributed by atoms with E-state index in [1.807, 2.05) is 5.01 Å². The van der Waals surface area contributed by atoms with Gasteiger partial charge in [0, 0.05) is 20.0 Å². The monoisotopic (exact) mass is 300 g/mol. The van der Waals surface area contributed by atoms with E-state index in [1.54, 1.807) is 11.0 Å². The van der Waals surface area contributed by atoms with Crippen LogP contribution in [0.15, 0.2) is 10.7 Å². The van der Waals surface area contributed by atoms with Gasteiger partial charge in [-0.2, -0.15) is 5.01 Å². The summed E-state index contributed by atoms with van der Waals surface area (Å²) in [6, 6.07) is 0. The highest BCUT2D eigenvalue weighted by Crippen LogP contribution is 2.05. The fourth-order valence-electron chi connectivity index (χ4n) is 1.77. The molecule has 1 amide bonds. The lowest BCUT2D eigenvalue weighted by molar-refractivity contribution is -0.759. The highest BCUT2D eigenvalue weighted by atomic mass is 32.2. The van der Waals surface area contributed by atoms with Crippen molar-refractivity contribution in [2.24, 2.45) is 0 Å². The van der Waals surface area contributed by atoms with Crippen LogP contribution in [0, 0.1) is 0 Å². The summed E-state index contributed by atoms with van der Waals surface area (Å²) in [5.74, 6) is 0.0647. The average Bonchev–Trinajstić information content (AvgIpc) is 2.85. The minimum absolute atomic E-state index is 0.0740. The van der Waals surface area contributed by atoms with Crippen LogP contribution in [0.1, 0.15) is 6.92 Å². The van der Waals surface area contributed by atoms with E-state index in [2.05, 4.69) is 22.5 Å². The van der Waals surface area contributed by atoms with Crippen LogP contribution in [0.2, 0.25) is 0 Å². The highest BCUT2D eigenvalue weighted by molar-refractivity contribution is 8.14. The molecule has 0 bridgehead atoms. The number of nitrogens with zero attached hydrogens (tertiary/aromatic N) is 4. The molecule has 0 atom stereocenters. The molecule has 0 radical (unpaired) electrons. The van der Waals surface area contributed by atoms with E-state index in [1.165, 1.54) is 6.92 Å². The van der Waals surface area contributed by atoms with Crippen molar-refractivity contribution in [1.29, 1.82) is 0 Å². The quantitative estimate of drug-likeness (QED) is 0.719. The number of anilines is 1. The Morgan fingerprint density at radius 1 is 1.45 bits per heavy atom. The van der Waals surface area contributed by atoms with Gasteiger partial charge in [0.15, 0.2) is 5.12 Å². The molecule has 0 aromatic carbocycles. The minimum atomic E-state index is -0.285. The van der Waals surface area contributed by atoms with Crippen LogP contribution in [0.5, 0.6) is 0 Å². The first-order valence-electron chi connectivity index (χ1n) is 6.30. The number of hydrogen-bond donors (Lipinski definition) is 1. The van der Waals surface area contributed by atoms with Gasteiger partial charge in [-0.25, -0.2) is 0 Å². The number of nitrogens with one attached hydrogen (secondary N) is 1. The fraction of sp³-hybridized carbons (Fsp3) is 0.636. The van der Waals surface area contributed by atoms with Crippen molar-refractivity contribution >= 4 is 28.7 Å². The summed E-state index contributed by atoms with van der Waals surface area (Å²) in [6.07, 6.45) is 1.63. The SMILES string of the molecule is CC(=O)SCC(=O)Nc1c[n+](N2CCN(C)CC2)no1. The van der Waals surface area contributed by atoms with Gasteiger partial charge in [0.2, 0.25) is 11.2 Å². The molecule has 20 heavy (non-hydrogen) atoms. The Morgan fingerprint density at radius 2 is 2.15 bits per heavy atom.